The molecule has 0 atom stereocenters. The van der Waals surface area contributed by atoms with Crippen molar-refractivity contribution in [3.63, 3.8) is 0 Å². The molecule has 1 amide bonds. The smallest absolute Gasteiger partial charge is 0.278 e. The molecule has 4 rings (SSSR count). The Kier molecular flexibility index (Phi) is 7.16. The van der Waals surface area contributed by atoms with Gasteiger partial charge in [-0.2, -0.15) is 0 Å². The fraction of sp³-hybridized carbons (Fsp3) is 0.174. The van der Waals surface area contributed by atoms with Crippen LogP contribution < -0.4 is 14.8 Å². The summed E-state index contributed by atoms with van der Waals surface area (Å²) in [5.41, 5.74) is 2.24. The van der Waals surface area contributed by atoms with Crippen molar-refractivity contribution in [1.82, 2.24) is 25.0 Å². The second-order valence-corrected chi connectivity index (χ2v) is 7.67. The van der Waals surface area contributed by atoms with Crippen molar-refractivity contribution in [3.8, 4) is 17.2 Å². The van der Waals surface area contributed by atoms with Gasteiger partial charge in [0.05, 0.1) is 25.1 Å². The highest BCUT2D eigenvalue weighted by Crippen LogP contribution is 2.25. The van der Waals surface area contributed by atoms with Crippen LogP contribution in [-0.2, 0) is 5.75 Å². The zero-order valence-corrected chi connectivity index (χ0v) is 19.0. The van der Waals surface area contributed by atoms with E-state index in [4.69, 9.17) is 9.47 Å². The van der Waals surface area contributed by atoms with Crippen LogP contribution in [0.2, 0.25) is 0 Å². The molecule has 2 aromatic carbocycles. The number of anilines is 1. The van der Waals surface area contributed by atoms with E-state index < -0.39 is 0 Å². The molecular weight excluding hydrogens is 440 g/mol. The minimum absolute atomic E-state index is 0.225. The van der Waals surface area contributed by atoms with Gasteiger partial charge in [0.25, 0.3) is 5.91 Å². The van der Waals surface area contributed by atoms with E-state index in [1.165, 1.54) is 11.8 Å². The van der Waals surface area contributed by atoms with Crippen LogP contribution in [0.15, 0.2) is 72.1 Å². The van der Waals surface area contributed by atoms with E-state index in [9.17, 15) is 4.79 Å². The average molecular weight is 463 g/mol. The Bertz CT molecular complexity index is 1200. The first-order valence-electron chi connectivity index (χ1n) is 10.2. The molecule has 10 heteroatoms. The Balaban J connectivity index is 1.61. The molecule has 0 saturated heterocycles. The molecule has 0 saturated carbocycles. The summed E-state index contributed by atoms with van der Waals surface area (Å²) >= 11 is 1.40. The fourth-order valence-electron chi connectivity index (χ4n) is 3.02. The lowest BCUT2D eigenvalue weighted by Gasteiger charge is -2.09. The van der Waals surface area contributed by atoms with Gasteiger partial charge >= 0.3 is 0 Å². The molecule has 0 aliphatic heterocycles. The Morgan fingerprint density at radius 2 is 1.73 bits per heavy atom. The molecule has 0 unspecified atom stereocenters. The van der Waals surface area contributed by atoms with Gasteiger partial charge in [-0.15, -0.1) is 5.10 Å². The van der Waals surface area contributed by atoms with Gasteiger partial charge < -0.3 is 14.8 Å². The van der Waals surface area contributed by atoms with Crippen LogP contribution >= 0.6 is 11.8 Å². The van der Waals surface area contributed by atoms with Crippen molar-refractivity contribution in [2.45, 2.75) is 17.8 Å². The maximum atomic E-state index is 13.1. The van der Waals surface area contributed by atoms with Crippen molar-refractivity contribution >= 4 is 23.4 Å². The lowest BCUT2D eigenvalue weighted by molar-refractivity contribution is 0.102. The summed E-state index contributed by atoms with van der Waals surface area (Å²) in [4.78, 5) is 21.6. The number of thioether (sulfide) groups is 1. The SMILES string of the molecule is CCOc1ccc(NC(=O)c2nnn(-c3ccc(OC)cc3)c2CSc2ncccn2)cc1. The molecule has 4 aromatic rings. The zero-order chi connectivity index (χ0) is 23.0. The first-order valence-corrected chi connectivity index (χ1v) is 11.2. The first kappa shape index (κ1) is 22.3. The third kappa shape index (κ3) is 5.47. The van der Waals surface area contributed by atoms with Crippen LogP contribution in [0.25, 0.3) is 5.69 Å². The normalized spacial score (nSPS) is 10.6. The number of benzene rings is 2. The molecule has 33 heavy (non-hydrogen) atoms. The Morgan fingerprint density at radius 3 is 2.39 bits per heavy atom. The zero-order valence-electron chi connectivity index (χ0n) is 18.1. The quantitative estimate of drug-likeness (QED) is 0.294. The Hall–Kier alpha value is -3.92. The summed E-state index contributed by atoms with van der Waals surface area (Å²) in [6, 6.07) is 16.3. The number of rotatable bonds is 9. The molecule has 9 nitrogen and oxygen atoms in total. The molecule has 0 radical (unpaired) electrons. The van der Waals surface area contributed by atoms with Gasteiger partial charge in [-0.25, -0.2) is 14.6 Å². The highest BCUT2D eigenvalue weighted by atomic mass is 32.2. The predicted molar refractivity (Wildman–Crippen MR) is 125 cm³/mol. The van der Waals surface area contributed by atoms with Crippen molar-refractivity contribution in [3.05, 3.63) is 78.4 Å². The maximum absolute atomic E-state index is 13.1. The summed E-state index contributed by atoms with van der Waals surface area (Å²) in [6.07, 6.45) is 3.35. The number of nitrogens with one attached hydrogen (secondary N) is 1. The van der Waals surface area contributed by atoms with Gasteiger partial charge in [-0.3, -0.25) is 4.79 Å². The average Bonchev–Trinajstić information content (AvgIpc) is 3.29. The number of carbonyl (C=O) groups is 1. The monoisotopic (exact) mass is 462 g/mol. The van der Waals surface area contributed by atoms with Crippen LogP contribution in [0.5, 0.6) is 11.5 Å². The Labute approximate surface area is 195 Å². The van der Waals surface area contributed by atoms with Crippen molar-refractivity contribution < 1.29 is 14.3 Å². The summed E-state index contributed by atoms with van der Waals surface area (Å²) in [7, 11) is 1.61. The van der Waals surface area contributed by atoms with Crippen LogP contribution in [-0.4, -0.2) is 44.6 Å². The van der Waals surface area contributed by atoms with E-state index in [-0.39, 0.29) is 11.6 Å². The number of amides is 1. The van der Waals surface area contributed by atoms with Crippen LogP contribution in [0.4, 0.5) is 5.69 Å². The molecule has 0 fully saturated rings. The minimum atomic E-state index is -0.358. The molecule has 0 aliphatic rings. The molecule has 2 aromatic heterocycles. The van der Waals surface area contributed by atoms with Gasteiger partial charge in [0, 0.05) is 23.8 Å². The summed E-state index contributed by atoms with van der Waals surface area (Å²) < 4.78 is 12.3. The summed E-state index contributed by atoms with van der Waals surface area (Å²) in [6.45, 7) is 2.49. The third-order valence-electron chi connectivity index (χ3n) is 4.60. The second-order valence-electron chi connectivity index (χ2n) is 6.73. The molecule has 0 aliphatic carbocycles. The number of methoxy groups -OCH3 is 1. The Morgan fingerprint density at radius 1 is 1.03 bits per heavy atom. The van der Waals surface area contributed by atoms with Crippen LogP contribution in [0.3, 0.4) is 0 Å². The van der Waals surface area contributed by atoms with Gasteiger partial charge in [0.2, 0.25) is 0 Å². The molecule has 1 N–H and O–H groups in total. The number of aromatic nitrogens is 5. The van der Waals surface area contributed by atoms with E-state index in [1.54, 1.807) is 54.5 Å². The number of hydrogen-bond donors (Lipinski definition) is 1. The molecule has 0 bridgehead atoms. The van der Waals surface area contributed by atoms with Crippen molar-refractivity contribution in [2.24, 2.45) is 0 Å². The fourth-order valence-corrected chi connectivity index (χ4v) is 3.82. The van der Waals surface area contributed by atoms with E-state index in [1.807, 2.05) is 31.2 Å². The maximum Gasteiger partial charge on any atom is 0.278 e. The highest BCUT2D eigenvalue weighted by Gasteiger charge is 2.21. The molecule has 0 spiro atoms. The van der Waals surface area contributed by atoms with Crippen LogP contribution in [0.1, 0.15) is 23.1 Å². The van der Waals surface area contributed by atoms with E-state index in [0.29, 0.717) is 28.9 Å². The highest BCUT2D eigenvalue weighted by molar-refractivity contribution is 7.98. The first-order chi connectivity index (χ1) is 16.2. The standard InChI is InChI=1S/C23H22N6O3S/c1-3-32-19-9-5-16(6-10-19)26-22(30)21-20(15-33-23-24-13-4-14-25-23)29(28-27-21)17-7-11-18(31-2)12-8-17/h4-14H,3,15H2,1-2H3,(H,26,30). The van der Waals surface area contributed by atoms with E-state index in [2.05, 4.69) is 25.6 Å². The summed E-state index contributed by atoms with van der Waals surface area (Å²) in [5, 5.41) is 11.9. The van der Waals surface area contributed by atoms with Gasteiger partial charge in [-0.1, -0.05) is 17.0 Å². The van der Waals surface area contributed by atoms with E-state index in [0.717, 1.165) is 17.2 Å². The molecule has 2 heterocycles. The molecule has 168 valence electrons. The van der Waals surface area contributed by atoms with Crippen LogP contribution in [0, 0.1) is 0 Å². The van der Waals surface area contributed by atoms with Crippen molar-refractivity contribution in [1.29, 1.82) is 0 Å². The lowest BCUT2D eigenvalue weighted by Crippen LogP contribution is -2.15. The minimum Gasteiger partial charge on any atom is -0.497 e. The predicted octanol–water partition coefficient (Wildman–Crippen LogP) is 4.01. The van der Waals surface area contributed by atoms with Gasteiger partial charge in [-0.05, 0) is 61.5 Å². The number of ether oxygens (including phenoxy) is 2. The van der Waals surface area contributed by atoms with Gasteiger partial charge in [0.15, 0.2) is 10.9 Å². The lowest BCUT2D eigenvalue weighted by atomic mass is 10.2. The number of hydrogen-bond acceptors (Lipinski definition) is 8. The largest absolute Gasteiger partial charge is 0.497 e. The number of nitrogens with zero attached hydrogens (tertiary/aromatic N) is 5. The number of carbonyl (C=O) groups excluding carboxylic acids is 1. The third-order valence-corrected chi connectivity index (χ3v) is 5.49. The topological polar surface area (TPSA) is 104 Å². The van der Waals surface area contributed by atoms with E-state index >= 15 is 0 Å². The van der Waals surface area contributed by atoms with Crippen molar-refractivity contribution in [2.75, 3.05) is 19.0 Å². The summed E-state index contributed by atoms with van der Waals surface area (Å²) in [5.74, 6) is 1.50. The second kappa shape index (κ2) is 10.6. The van der Waals surface area contributed by atoms with Gasteiger partial charge in [0.1, 0.15) is 11.5 Å². The molecular formula is C23H22N6O3S.